The Morgan fingerprint density at radius 2 is 2.32 bits per heavy atom. The highest BCUT2D eigenvalue weighted by Crippen LogP contribution is 2.31. The fourth-order valence-corrected chi connectivity index (χ4v) is 2.73. The minimum absolute atomic E-state index is 0.691. The summed E-state index contributed by atoms with van der Waals surface area (Å²) in [5.41, 5.74) is 3.16. The molecular weight excluding hydrogens is 234 g/mol. The SMILES string of the molecule is CCCNc1nc2c(cc1C#N)CC(C(C)C)CC2. The smallest absolute Gasteiger partial charge is 0.144 e. The van der Waals surface area contributed by atoms with Crippen molar-refractivity contribution in [3.8, 4) is 6.07 Å². The summed E-state index contributed by atoms with van der Waals surface area (Å²) in [6.45, 7) is 7.55. The minimum Gasteiger partial charge on any atom is -0.369 e. The van der Waals surface area contributed by atoms with Crippen LogP contribution < -0.4 is 5.32 Å². The lowest BCUT2D eigenvalue weighted by atomic mass is 9.80. The molecule has 0 aromatic carbocycles. The monoisotopic (exact) mass is 257 g/mol. The van der Waals surface area contributed by atoms with Crippen molar-refractivity contribution in [1.29, 1.82) is 5.26 Å². The fraction of sp³-hybridized carbons (Fsp3) is 0.625. The maximum atomic E-state index is 9.26. The maximum Gasteiger partial charge on any atom is 0.144 e. The van der Waals surface area contributed by atoms with Crippen molar-refractivity contribution >= 4 is 5.82 Å². The zero-order valence-corrected chi connectivity index (χ0v) is 12.2. The summed E-state index contributed by atoms with van der Waals surface area (Å²) in [4.78, 5) is 4.68. The van der Waals surface area contributed by atoms with Crippen LogP contribution in [-0.4, -0.2) is 11.5 Å². The fourth-order valence-electron chi connectivity index (χ4n) is 2.73. The first-order valence-corrected chi connectivity index (χ1v) is 7.32. The second-order valence-electron chi connectivity index (χ2n) is 5.78. The number of hydrogen-bond acceptors (Lipinski definition) is 3. The number of fused-ring (bicyclic) bond motifs is 1. The second-order valence-corrected chi connectivity index (χ2v) is 5.78. The van der Waals surface area contributed by atoms with Crippen molar-refractivity contribution in [2.75, 3.05) is 11.9 Å². The molecule has 0 saturated heterocycles. The zero-order chi connectivity index (χ0) is 13.8. The van der Waals surface area contributed by atoms with Gasteiger partial charge in [0, 0.05) is 12.2 Å². The van der Waals surface area contributed by atoms with Crippen molar-refractivity contribution < 1.29 is 0 Å². The Morgan fingerprint density at radius 1 is 1.53 bits per heavy atom. The molecule has 0 bridgehead atoms. The first kappa shape index (κ1) is 13.9. The topological polar surface area (TPSA) is 48.7 Å². The average Bonchev–Trinajstić information content (AvgIpc) is 2.43. The van der Waals surface area contributed by atoms with E-state index in [0.717, 1.165) is 37.5 Å². The molecule has 1 aliphatic rings. The summed E-state index contributed by atoms with van der Waals surface area (Å²) in [6.07, 6.45) is 4.38. The molecule has 19 heavy (non-hydrogen) atoms. The largest absolute Gasteiger partial charge is 0.369 e. The van der Waals surface area contributed by atoms with Crippen LogP contribution >= 0.6 is 0 Å². The van der Waals surface area contributed by atoms with E-state index in [1.807, 2.05) is 0 Å². The number of aryl methyl sites for hydroxylation is 1. The summed E-state index contributed by atoms with van der Waals surface area (Å²) in [7, 11) is 0. The molecule has 1 aliphatic carbocycles. The van der Waals surface area contributed by atoms with E-state index in [1.54, 1.807) is 0 Å². The van der Waals surface area contributed by atoms with Crippen molar-refractivity contribution in [2.24, 2.45) is 11.8 Å². The number of nitrogens with zero attached hydrogens (tertiary/aromatic N) is 2. The molecule has 1 N–H and O–H groups in total. The van der Waals surface area contributed by atoms with E-state index in [1.165, 1.54) is 17.7 Å². The highest BCUT2D eigenvalue weighted by molar-refractivity contribution is 5.54. The van der Waals surface area contributed by atoms with Crippen molar-refractivity contribution in [2.45, 2.75) is 46.5 Å². The summed E-state index contributed by atoms with van der Waals surface area (Å²) in [5, 5.41) is 12.5. The van der Waals surface area contributed by atoms with Gasteiger partial charge in [0.2, 0.25) is 0 Å². The van der Waals surface area contributed by atoms with Crippen LogP contribution in [0.2, 0.25) is 0 Å². The third-order valence-corrected chi connectivity index (χ3v) is 4.03. The third kappa shape index (κ3) is 3.07. The number of hydrogen-bond donors (Lipinski definition) is 1. The number of anilines is 1. The number of pyridine rings is 1. The number of nitrogens with one attached hydrogen (secondary N) is 1. The lowest BCUT2D eigenvalue weighted by Crippen LogP contribution is -2.21. The van der Waals surface area contributed by atoms with E-state index in [2.05, 4.69) is 43.2 Å². The van der Waals surface area contributed by atoms with Crippen LogP contribution in [0.1, 0.15) is 50.4 Å². The van der Waals surface area contributed by atoms with Crippen LogP contribution in [0.3, 0.4) is 0 Å². The lowest BCUT2D eigenvalue weighted by molar-refractivity contribution is 0.340. The van der Waals surface area contributed by atoms with Crippen LogP contribution in [0.25, 0.3) is 0 Å². The predicted octanol–water partition coefficient (Wildman–Crippen LogP) is 3.54. The van der Waals surface area contributed by atoms with Gasteiger partial charge in [-0.15, -0.1) is 0 Å². The van der Waals surface area contributed by atoms with Gasteiger partial charge in [0.15, 0.2) is 0 Å². The van der Waals surface area contributed by atoms with Crippen molar-refractivity contribution in [1.82, 2.24) is 4.98 Å². The van der Waals surface area contributed by atoms with Gasteiger partial charge in [-0.2, -0.15) is 5.26 Å². The van der Waals surface area contributed by atoms with E-state index in [4.69, 9.17) is 0 Å². The van der Waals surface area contributed by atoms with Gasteiger partial charge in [-0.1, -0.05) is 20.8 Å². The molecule has 102 valence electrons. The normalized spacial score (nSPS) is 17.9. The van der Waals surface area contributed by atoms with Crippen LogP contribution in [-0.2, 0) is 12.8 Å². The van der Waals surface area contributed by atoms with Gasteiger partial charge in [0.1, 0.15) is 11.9 Å². The van der Waals surface area contributed by atoms with E-state index < -0.39 is 0 Å². The zero-order valence-electron chi connectivity index (χ0n) is 12.2. The van der Waals surface area contributed by atoms with E-state index >= 15 is 0 Å². The Labute approximate surface area is 116 Å². The molecule has 0 amide bonds. The van der Waals surface area contributed by atoms with E-state index in [-0.39, 0.29) is 0 Å². The van der Waals surface area contributed by atoms with E-state index in [9.17, 15) is 5.26 Å². The minimum atomic E-state index is 0.691. The van der Waals surface area contributed by atoms with Crippen LogP contribution in [0, 0.1) is 23.2 Å². The van der Waals surface area contributed by atoms with Gasteiger partial charge in [-0.25, -0.2) is 4.98 Å². The molecular formula is C16H23N3. The van der Waals surface area contributed by atoms with Crippen molar-refractivity contribution in [3.05, 3.63) is 22.9 Å². The molecule has 3 heteroatoms. The molecule has 2 rings (SSSR count). The van der Waals surface area contributed by atoms with Crippen LogP contribution in [0.4, 0.5) is 5.82 Å². The summed E-state index contributed by atoms with van der Waals surface area (Å²) in [5.74, 6) is 2.21. The molecule has 1 atom stereocenters. The number of rotatable bonds is 4. The highest BCUT2D eigenvalue weighted by atomic mass is 15.0. The average molecular weight is 257 g/mol. The Bertz CT molecular complexity index is 486. The molecule has 1 aromatic rings. The van der Waals surface area contributed by atoms with Gasteiger partial charge in [0.05, 0.1) is 5.56 Å². The van der Waals surface area contributed by atoms with Gasteiger partial charge in [0.25, 0.3) is 0 Å². The molecule has 1 unspecified atom stereocenters. The standard InChI is InChI=1S/C16H23N3/c1-4-7-18-16-14(10-17)9-13-8-12(11(2)3)5-6-15(13)19-16/h9,11-12H,4-8H2,1-3H3,(H,18,19). The Hall–Kier alpha value is -1.56. The molecule has 0 fully saturated rings. The molecule has 0 saturated carbocycles. The van der Waals surface area contributed by atoms with Crippen molar-refractivity contribution in [3.63, 3.8) is 0 Å². The molecule has 0 spiro atoms. The van der Waals surface area contributed by atoms with E-state index in [0.29, 0.717) is 11.5 Å². The van der Waals surface area contributed by atoms with Crippen LogP contribution in [0.15, 0.2) is 6.07 Å². The van der Waals surface area contributed by atoms with Crippen LogP contribution in [0.5, 0.6) is 0 Å². The lowest BCUT2D eigenvalue weighted by Gasteiger charge is -2.27. The van der Waals surface area contributed by atoms with Gasteiger partial charge >= 0.3 is 0 Å². The highest BCUT2D eigenvalue weighted by Gasteiger charge is 2.23. The quantitative estimate of drug-likeness (QED) is 0.897. The molecule has 1 heterocycles. The molecule has 0 aliphatic heterocycles. The number of nitriles is 1. The number of aromatic nitrogens is 1. The Morgan fingerprint density at radius 3 is 2.95 bits per heavy atom. The van der Waals surface area contributed by atoms with Gasteiger partial charge in [-0.3, -0.25) is 0 Å². The summed E-state index contributed by atoms with van der Waals surface area (Å²) in [6, 6.07) is 4.32. The molecule has 0 radical (unpaired) electrons. The van der Waals surface area contributed by atoms with Gasteiger partial charge < -0.3 is 5.32 Å². The summed E-state index contributed by atoms with van der Waals surface area (Å²) < 4.78 is 0. The second kappa shape index (κ2) is 6.06. The molecule has 1 aromatic heterocycles. The Kier molecular flexibility index (Phi) is 4.42. The Balaban J connectivity index is 2.27. The first-order chi connectivity index (χ1) is 9.15. The summed E-state index contributed by atoms with van der Waals surface area (Å²) >= 11 is 0. The predicted molar refractivity (Wildman–Crippen MR) is 78.1 cm³/mol. The first-order valence-electron chi connectivity index (χ1n) is 7.32. The van der Waals surface area contributed by atoms with Gasteiger partial charge in [-0.05, 0) is 49.1 Å². The third-order valence-electron chi connectivity index (χ3n) is 4.03. The maximum absolute atomic E-state index is 9.26. The molecule has 3 nitrogen and oxygen atoms in total.